The topological polar surface area (TPSA) is 70.1 Å². The number of nitrogens with zero attached hydrogens (tertiary/aromatic N) is 3. The lowest BCUT2D eigenvalue weighted by molar-refractivity contribution is -0.388. The van der Waals surface area contributed by atoms with Crippen LogP contribution in [0.2, 0.25) is 0 Å². The second-order valence-corrected chi connectivity index (χ2v) is 2.24. The third-order valence-electron chi connectivity index (χ3n) is 1.32. The van der Waals surface area contributed by atoms with Crippen molar-refractivity contribution in [3.63, 3.8) is 0 Å². The van der Waals surface area contributed by atoms with Gasteiger partial charge >= 0.3 is 6.18 Å². The first-order chi connectivity index (χ1) is 5.84. The van der Waals surface area contributed by atoms with Crippen LogP contribution in [0.4, 0.5) is 18.9 Å². The maximum atomic E-state index is 12.0. The Morgan fingerprint density at radius 1 is 1.54 bits per heavy atom. The molecule has 1 heterocycles. The summed E-state index contributed by atoms with van der Waals surface area (Å²) in [5, 5.41) is 15.9. The predicted molar refractivity (Wildman–Crippen MR) is 34.0 cm³/mol. The van der Waals surface area contributed by atoms with Gasteiger partial charge in [0.05, 0.1) is 10.6 Å². The van der Waals surface area contributed by atoms with Crippen LogP contribution in [0.15, 0.2) is 0 Å². The quantitative estimate of drug-likeness (QED) is 0.498. The number of aryl methyl sites for hydroxylation is 1. The van der Waals surface area contributed by atoms with Crippen LogP contribution in [0, 0.1) is 17.0 Å². The highest BCUT2D eigenvalue weighted by molar-refractivity contribution is 5.40. The SMILES string of the molecule is Cc1n[n-]c(C(F)(F)F)c1[N+](=O)[O-]. The Kier molecular flexibility index (Phi) is 1.98. The van der Waals surface area contributed by atoms with E-state index in [0.29, 0.717) is 0 Å². The molecule has 0 aliphatic carbocycles. The summed E-state index contributed by atoms with van der Waals surface area (Å²) in [5.41, 5.74) is -2.96. The first-order valence-electron chi connectivity index (χ1n) is 3.05. The summed E-state index contributed by atoms with van der Waals surface area (Å²) in [6.45, 7) is 1.10. The number of hydrogen-bond donors (Lipinski definition) is 0. The van der Waals surface area contributed by atoms with Crippen molar-refractivity contribution in [2.45, 2.75) is 13.1 Å². The minimum absolute atomic E-state index is 0.336. The zero-order chi connectivity index (χ0) is 10.2. The number of hydrogen-bond acceptors (Lipinski definition) is 3. The van der Waals surface area contributed by atoms with Crippen LogP contribution >= 0.6 is 0 Å². The zero-order valence-corrected chi connectivity index (χ0v) is 6.29. The minimum Gasteiger partial charge on any atom is -0.566 e. The monoisotopic (exact) mass is 194 g/mol. The second kappa shape index (κ2) is 2.71. The van der Waals surface area contributed by atoms with Crippen molar-refractivity contribution in [2.24, 2.45) is 0 Å². The molecule has 0 bridgehead atoms. The van der Waals surface area contributed by atoms with Gasteiger partial charge in [0.2, 0.25) is 0 Å². The highest BCUT2D eigenvalue weighted by atomic mass is 19.4. The van der Waals surface area contributed by atoms with Crippen molar-refractivity contribution in [1.82, 2.24) is 10.2 Å². The summed E-state index contributed by atoms with van der Waals surface area (Å²) in [6, 6.07) is 0. The van der Waals surface area contributed by atoms with Crippen molar-refractivity contribution in [2.75, 3.05) is 0 Å². The Bertz CT molecular complexity index is 343. The second-order valence-electron chi connectivity index (χ2n) is 2.24. The molecule has 0 spiro atoms. The molecule has 0 N–H and O–H groups in total. The van der Waals surface area contributed by atoms with E-state index in [0.717, 1.165) is 6.92 Å². The minimum atomic E-state index is -4.83. The van der Waals surface area contributed by atoms with E-state index in [1.165, 1.54) is 0 Å². The van der Waals surface area contributed by atoms with Gasteiger partial charge in [0.15, 0.2) is 0 Å². The molecule has 0 aromatic carbocycles. The lowest BCUT2D eigenvalue weighted by Gasteiger charge is -2.08. The summed E-state index contributed by atoms with van der Waals surface area (Å²) in [6.07, 6.45) is -4.83. The molecule has 72 valence electrons. The van der Waals surface area contributed by atoms with Crippen molar-refractivity contribution in [3.8, 4) is 0 Å². The summed E-state index contributed by atoms with van der Waals surface area (Å²) < 4.78 is 36.0. The Balaban J connectivity index is 3.31. The van der Waals surface area contributed by atoms with E-state index in [2.05, 4.69) is 10.2 Å². The lowest BCUT2D eigenvalue weighted by atomic mass is 10.3. The largest absolute Gasteiger partial charge is 0.566 e. The first kappa shape index (κ1) is 9.49. The molecule has 13 heavy (non-hydrogen) atoms. The van der Waals surface area contributed by atoms with E-state index in [1.807, 2.05) is 0 Å². The highest BCUT2D eigenvalue weighted by Crippen LogP contribution is 2.35. The van der Waals surface area contributed by atoms with Crippen molar-refractivity contribution >= 4 is 5.69 Å². The first-order valence-corrected chi connectivity index (χ1v) is 3.05. The van der Waals surface area contributed by atoms with Crippen LogP contribution in [-0.4, -0.2) is 10.0 Å². The van der Waals surface area contributed by atoms with Crippen LogP contribution < -0.4 is 5.10 Å². The Hall–Kier alpha value is -1.60. The molecule has 1 aromatic rings. The van der Waals surface area contributed by atoms with Crippen LogP contribution in [0.3, 0.4) is 0 Å². The molecule has 1 aromatic heterocycles. The number of alkyl halides is 3. The molecular formula is C5H3F3N3O2-. The van der Waals surface area contributed by atoms with E-state index in [9.17, 15) is 23.3 Å². The molecule has 1 rings (SSSR count). The molecule has 0 atom stereocenters. The maximum Gasteiger partial charge on any atom is 0.404 e. The summed E-state index contributed by atoms with van der Waals surface area (Å²) in [5.74, 6) is 0. The molecule has 0 aliphatic rings. The fourth-order valence-electron chi connectivity index (χ4n) is 0.801. The average Bonchev–Trinajstić information content (AvgIpc) is 2.28. The average molecular weight is 194 g/mol. The van der Waals surface area contributed by atoms with Crippen molar-refractivity contribution in [3.05, 3.63) is 21.5 Å². The summed E-state index contributed by atoms with van der Waals surface area (Å²) >= 11 is 0. The molecule has 8 heteroatoms. The van der Waals surface area contributed by atoms with Gasteiger partial charge in [-0.15, -0.1) is 0 Å². The molecule has 0 amide bonds. The summed E-state index contributed by atoms with van der Waals surface area (Å²) in [4.78, 5) is 9.04. The normalized spacial score (nSPS) is 11.7. The number of rotatable bonds is 1. The van der Waals surface area contributed by atoms with Crippen LogP contribution in [0.25, 0.3) is 0 Å². The van der Waals surface area contributed by atoms with E-state index in [4.69, 9.17) is 0 Å². The standard InChI is InChI=1S/C5H3F3N3O2/c1-2-3(11(12)13)4(10-9-2)5(6,7)8/h1H3/q-1. The molecule has 0 unspecified atom stereocenters. The van der Waals surface area contributed by atoms with Gasteiger partial charge in [0.1, 0.15) is 0 Å². The molecule has 0 saturated heterocycles. The van der Waals surface area contributed by atoms with E-state index < -0.39 is 22.5 Å². The number of nitro groups is 1. The fourth-order valence-corrected chi connectivity index (χ4v) is 0.801. The van der Waals surface area contributed by atoms with Crippen LogP contribution in [0.5, 0.6) is 0 Å². The van der Waals surface area contributed by atoms with Gasteiger partial charge in [-0.25, -0.2) is 0 Å². The third kappa shape index (κ3) is 1.60. The predicted octanol–water partition coefficient (Wildman–Crippen LogP) is 1.27. The molecular weight excluding hydrogens is 191 g/mol. The molecule has 0 aliphatic heterocycles. The number of aromatic nitrogens is 2. The number of halogens is 3. The van der Waals surface area contributed by atoms with Gasteiger partial charge < -0.3 is 10.2 Å². The summed E-state index contributed by atoms with van der Waals surface area (Å²) in [7, 11) is 0. The zero-order valence-electron chi connectivity index (χ0n) is 6.29. The van der Waals surface area contributed by atoms with Gasteiger partial charge in [0, 0.05) is 5.69 Å². The Morgan fingerprint density at radius 3 is 2.38 bits per heavy atom. The van der Waals surface area contributed by atoms with Gasteiger partial charge in [-0.05, 0) is 6.92 Å². The smallest absolute Gasteiger partial charge is 0.404 e. The van der Waals surface area contributed by atoms with E-state index >= 15 is 0 Å². The van der Waals surface area contributed by atoms with Gasteiger partial charge in [-0.3, -0.25) is 10.1 Å². The van der Waals surface area contributed by atoms with Gasteiger partial charge in [0.25, 0.3) is 5.69 Å². The van der Waals surface area contributed by atoms with Crippen molar-refractivity contribution < 1.29 is 18.1 Å². The van der Waals surface area contributed by atoms with Crippen molar-refractivity contribution in [1.29, 1.82) is 0 Å². The third-order valence-corrected chi connectivity index (χ3v) is 1.32. The van der Waals surface area contributed by atoms with E-state index in [1.54, 1.807) is 0 Å². The molecule has 0 saturated carbocycles. The Morgan fingerprint density at radius 2 is 2.08 bits per heavy atom. The molecule has 0 radical (unpaired) electrons. The molecule has 0 fully saturated rings. The van der Waals surface area contributed by atoms with Gasteiger partial charge in [-0.1, -0.05) is 0 Å². The van der Waals surface area contributed by atoms with E-state index in [-0.39, 0.29) is 5.69 Å². The maximum absolute atomic E-state index is 12.0. The molecule has 5 nitrogen and oxygen atoms in total. The lowest BCUT2D eigenvalue weighted by Crippen LogP contribution is -2.09. The Labute approximate surface area is 69.7 Å². The fraction of sp³-hybridized carbons (Fsp3) is 0.400. The van der Waals surface area contributed by atoms with Gasteiger partial charge in [-0.2, -0.15) is 13.2 Å². The highest BCUT2D eigenvalue weighted by Gasteiger charge is 2.35. The van der Waals surface area contributed by atoms with Crippen LogP contribution in [0.1, 0.15) is 11.4 Å². The van der Waals surface area contributed by atoms with Crippen LogP contribution in [-0.2, 0) is 6.18 Å².